The minimum absolute atomic E-state index is 0.00615. The molecule has 2 aliphatic rings. The Morgan fingerprint density at radius 2 is 1.82 bits per heavy atom. The third kappa shape index (κ3) is 4.16. The van der Waals surface area contributed by atoms with Crippen molar-refractivity contribution in [1.29, 1.82) is 0 Å². The Hall–Kier alpha value is -2.90. The topological polar surface area (TPSA) is 71.1 Å². The van der Waals surface area contributed by atoms with E-state index in [9.17, 15) is 9.59 Å². The van der Waals surface area contributed by atoms with E-state index in [1.165, 1.54) is 0 Å². The SMILES string of the molecule is O=C(Nc1ccc2c(c1)OCC(=O)N2CCN1CCOCC1)c1ccccc1. The van der Waals surface area contributed by atoms with Gasteiger partial charge in [-0.25, -0.2) is 0 Å². The van der Waals surface area contributed by atoms with Gasteiger partial charge in [-0.3, -0.25) is 14.5 Å². The predicted octanol–water partition coefficient (Wildman–Crippen LogP) is 2.00. The van der Waals surface area contributed by atoms with Gasteiger partial charge in [-0.15, -0.1) is 0 Å². The molecule has 2 heterocycles. The lowest BCUT2D eigenvalue weighted by atomic mass is 10.2. The number of amides is 2. The molecule has 0 atom stereocenters. The molecule has 4 rings (SSSR count). The summed E-state index contributed by atoms with van der Waals surface area (Å²) in [6.45, 7) is 4.64. The van der Waals surface area contributed by atoms with E-state index in [-0.39, 0.29) is 18.4 Å². The van der Waals surface area contributed by atoms with Crippen molar-refractivity contribution < 1.29 is 19.1 Å². The highest BCUT2D eigenvalue weighted by Crippen LogP contribution is 2.34. The van der Waals surface area contributed by atoms with Crippen molar-refractivity contribution in [2.75, 3.05) is 56.2 Å². The predicted molar refractivity (Wildman–Crippen MR) is 106 cm³/mol. The fourth-order valence-electron chi connectivity index (χ4n) is 3.39. The molecule has 1 fully saturated rings. The van der Waals surface area contributed by atoms with Crippen molar-refractivity contribution >= 4 is 23.2 Å². The van der Waals surface area contributed by atoms with E-state index in [0.29, 0.717) is 23.5 Å². The molecule has 1 N–H and O–H groups in total. The molecular formula is C21H23N3O4. The summed E-state index contributed by atoms with van der Waals surface area (Å²) in [4.78, 5) is 28.8. The van der Waals surface area contributed by atoms with E-state index < -0.39 is 0 Å². The van der Waals surface area contributed by atoms with Gasteiger partial charge in [0.05, 0.1) is 18.9 Å². The summed E-state index contributed by atoms with van der Waals surface area (Å²) in [7, 11) is 0. The van der Waals surface area contributed by atoms with Crippen LogP contribution in [0.1, 0.15) is 10.4 Å². The first-order valence-electron chi connectivity index (χ1n) is 9.44. The van der Waals surface area contributed by atoms with Gasteiger partial charge in [0.2, 0.25) is 0 Å². The standard InChI is InChI=1S/C21H23N3O4/c25-20-15-28-19-14-17(22-21(26)16-4-2-1-3-5-16)6-7-18(19)24(20)9-8-23-10-12-27-13-11-23/h1-7,14H,8-13,15H2,(H,22,26). The number of anilines is 2. The quantitative estimate of drug-likeness (QED) is 0.858. The van der Waals surface area contributed by atoms with Gasteiger partial charge in [0.1, 0.15) is 5.75 Å². The van der Waals surface area contributed by atoms with Crippen LogP contribution >= 0.6 is 0 Å². The highest BCUT2D eigenvalue weighted by atomic mass is 16.5. The molecular weight excluding hydrogens is 358 g/mol. The molecule has 0 unspecified atom stereocenters. The Balaban J connectivity index is 1.45. The number of rotatable bonds is 5. The lowest BCUT2D eigenvalue weighted by Gasteiger charge is -2.33. The average Bonchev–Trinajstić information content (AvgIpc) is 2.74. The maximum atomic E-state index is 12.4. The molecule has 0 spiro atoms. The summed E-state index contributed by atoms with van der Waals surface area (Å²) in [5, 5.41) is 2.87. The molecule has 1 saturated heterocycles. The van der Waals surface area contributed by atoms with Gasteiger partial charge >= 0.3 is 0 Å². The number of hydrogen-bond donors (Lipinski definition) is 1. The minimum Gasteiger partial charge on any atom is -0.481 e. The number of benzene rings is 2. The normalized spacial score (nSPS) is 17.0. The van der Waals surface area contributed by atoms with Crippen LogP contribution in [0.25, 0.3) is 0 Å². The number of carbonyl (C=O) groups is 2. The van der Waals surface area contributed by atoms with Crippen LogP contribution in [0.5, 0.6) is 5.75 Å². The maximum absolute atomic E-state index is 12.4. The number of fused-ring (bicyclic) bond motifs is 1. The molecule has 0 radical (unpaired) electrons. The summed E-state index contributed by atoms with van der Waals surface area (Å²) in [6, 6.07) is 14.4. The second kappa shape index (κ2) is 8.41. The molecule has 0 aromatic heterocycles. The third-order valence-corrected chi connectivity index (χ3v) is 4.94. The molecule has 2 aromatic rings. The van der Waals surface area contributed by atoms with Crippen LogP contribution in [0, 0.1) is 0 Å². The Morgan fingerprint density at radius 1 is 1.04 bits per heavy atom. The number of carbonyl (C=O) groups excluding carboxylic acids is 2. The van der Waals surface area contributed by atoms with E-state index in [0.717, 1.165) is 38.5 Å². The van der Waals surface area contributed by atoms with Crippen molar-refractivity contribution in [2.24, 2.45) is 0 Å². The zero-order chi connectivity index (χ0) is 19.3. The maximum Gasteiger partial charge on any atom is 0.265 e. The van der Waals surface area contributed by atoms with Crippen molar-refractivity contribution in [1.82, 2.24) is 4.90 Å². The molecule has 2 aliphatic heterocycles. The summed E-state index contributed by atoms with van der Waals surface area (Å²) in [5.74, 6) is 0.367. The largest absolute Gasteiger partial charge is 0.481 e. The van der Waals surface area contributed by atoms with Crippen LogP contribution in [-0.4, -0.2) is 62.7 Å². The highest BCUT2D eigenvalue weighted by Gasteiger charge is 2.26. The van der Waals surface area contributed by atoms with Gasteiger partial charge in [-0.05, 0) is 24.3 Å². The van der Waals surface area contributed by atoms with Gasteiger partial charge in [0.15, 0.2) is 6.61 Å². The lowest BCUT2D eigenvalue weighted by molar-refractivity contribution is -0.121. The average molecular weight is 381 g/mol. The molecule has 2 amide bonds. The molecule has 2 aromatic carbocycles. The van der Waals surface area contributed by atoms with Crippen LogP contribution in [0.3, 0.4) is 0 Å². The van der Waals surface area contributed by atoms with E-state index in [1.54, 1.807) is 29.2 Å². The second-order valence-corrected chi connectivity index (χ2v) is 6.79. The van der Waals surface area contributed by atoms with E-state index >= 15 is 0 Å². The van der Waals surface area contributed by atoms with Gasteiger partial charge in [-0.1, -0.05) is 18.2 Å². The van der Waals surface area contributed by atoms with Crippen molar-refractivity contribution in [3.8, 4) is 5.75 Å². The molecule has 146 valence electrons. The summed E-state index contributed by atoms with van der Waals surface area (Å²) in [5.41, 5.74) is 1.96. The van der Waals surface area contributed by atoms with E-state index in [1.807, 2.05) is 24.3 Å². The monoisotopic (exact) mass is 381 g/mol. The Kier molecular flexibility index (Phi) is 5.55. The van der Waals surface area contributed by atoms with Gasteiger partial charge in [0.25, 0.3) is 11.8 Å². The summed E-state index contributed by atoms with van der Waals surface area (Å²) in [6.07, 6.45) is 0. The van der Waals surface area contributed by atoms with Crippen molar-refractivity contribution in [3.05, 3.63) is 54.1 Å². The molecule has 7 nitrogen and oxygen atoms in total. The van der Waals surface area contributed by atoms with Crippen LogP contribution in [0.4, 0.5) is 11.4 Å². The van der Waals surface area contributed by atoms with Gasteiger partial charge in [-0.2, -0.15) is 0 Å². The van der Waals surface area contributed by atoms with E-state index in [4.69, 9.17) is 9.47 Å². The Morgan fingerprint density at radius 3 is 2.61 bits per heavy atom. The number of hydrogen-bond acceptors (Lipinski definition) is 5. The van der Waals surface area contributed by atoms with Crippen LogP contribution in [0.15, 0.2) is 48.5 Å². The molecule has 0 bridgehead atoms. The summed E-state index contributed by atoms with van der Waals surface area (Å²) >= 11 is 0. The number of nitrogens with zero attached hydrogens (tertiary/aromatic N) is 2. The Bertz CT molecular complexity index is 850. The first kappa shape index (κ1) is 18.5. The lowest BCUT2D eigenvalue weighted by Crippen LogP contribution is -2.45. The smallest absolute Gasteiger partial charge is 0.265 e. The van der Waals surface area contributed by atoms with Crippen LogP contribution < -0.4 is 15.0 Å². The van der Waals surface area contributed by atoms with E-state index in [2.05, 4.69) is 10.2 Å². The zero-order valence-corrected chi connectivity index (χ0v) is 15.6. The number of morpholine rings is 1. The van der Waals surface area contributed by atoms with Gasteiger partial charge < -0.3 is 19.7 Å². The highest BCUT2D eigenvalue weighted by molar-refractivity contribution is 6.05. The fourth-order valence-corrected chi connectivity index (χ4v) is 3.39. The molecule has 0 aliphatic carbocycles. The zero-order valence-electron chi connectivity index (χ0n) is 15.6. The van der Waals surface area contributed by atoms with Crippen molar-refractivity contribution in [2.45, 2.75) is 0 Å². The second-order valence-electron chi connectivity index (χ2n) is 6.79. The number of nitrogens with one attached hydrogen (secondary N) is 1. The molecule has 7 heteroatoms. The van der Waals surface area contributed by atoms with Crippen LogP contribution in [0.2, 0.25) is 0 Å². The summed E-state index contributed by atoms with van der Waals surface area (Å²) < 4.78 is 11.0. The molecule has 0 saturated carbocycles. The Labute approximate surface area is 163 Å². The third-order valence-electron chi connectivity index (χ3n) is 4.94. The minimum atomic E-state index is -0.184. The fraction of sp³-hybridized carbons (Fsp3) is 0.333. The first-order chi connectivity index (χ1) is 13.7. The van der Waals surface area contributed by atoms with Crippen molar-refractivity contribution in [3.63, 3.8) is 0 Å². The molecule has 28 heavy (non-hydrogen) atoms. The van der Waals surface area contributed by atoms with Gasteiger partial charge in [0, 0.05) is 43.5 Å². The number of ether oxygens (including phenoxy) is 2. The first-order valence-corrected chi connectivity index (χ1v) is 9.44. The van der Waals surface area contributed by atoms with Crippen LogP contribution in [-0.2, 0) is 9.53 Å².